The van der Waals surface area contributed by atoms with Crippen molar-refractivity contribution in [3.63, 3.8) is 0 Å². The molecule has 1 aromatic carbocycles. The molecule has 0 atom stereocenters. The van der Waals surface area contributed by atoms with Crippen molar-refractivity contribution in [1.82, 2.24) is 15.3 Å². The Morgan fingerprint density at radius 2 is 1.92 bits per heavy atom. The molecule has 2 aromatic rings. The molecule has 0 saturated carbocycles. The van der Waals surface area contributed by atoms with Crippen LogP contribution in [0.5, 0.6) is 0 Å². The maximum Gasteiger partial charge on any atom is 0.319 e. The fraction of sp³-hybridized carbons (Fsp3) is 0.421. The summed E-state index contributed by atoms with van der Waals surface area (Å²) in [6, 6.07) is 9.40. The molecule has 1 aliphatic heterocycles. The number of carbonyl (C=O) groups excluding carboxylic acids is 1. The van der Waals surface area contributed by atoms with Crippen LogP contribution in [0.1, 0.15) is 36.2 Å². The third-order valence-corrected chi connectivity index (χ3v) is 4.24. The fourth-order valence-electron chi connectivity index (χ4n) is 3.01. The van der Waals surface area contributed by atoms with E-state index >= 15 is 0 Å². The number of amides is 2. The van der Waals surface area contributed by atoms with Crippen molar-refractivity contribution < 1.29 is 4.79 Å². The summed E-state index contributed by atoms with van der Waals surface area (Å²) in [5.74, 6) is 0.774. The number of anilines is 2. The molecule has 1 aliphatic rings. The fourth-order valence-corrected chi connectivity index (χ4v) is 3.01. The molecule has 1 saturated heterocycles. The summed E-state index contributed by atoms with van der Waals surface area (Å²) < 4.78 is 0. The number of rotatable bonds is 4. The van der Waals surface area contributed by atoms with E-state index in [0.717, 1.165) is 41.7 Å². The first-order valence-corrected chi connectivity index (χ1v) is 8.81. The summed E-state index contributed by atoms with van der Waals surface area (Å²) in [5.41, 5.74) is 3.64. The Labute approximate surface area is 148 Å². The van der Waals surface area contributed by atoms with Crippen LogP contribution in [0, 0.1) is 13.8 Å². The van der Waals surface area contributed by atoms with E-state index in [0.29, 0.717) is 6.54 Å². The lowest BCUT2D eigenvalue weighted by Gasteiger charge is -2.27. The van der Waals surface area contributed by atoms with Gasteiger partial charge in [-0.1, -0.05) is 12.1 Å². The van der Waals surface area contributed by atoms with E-state index in [9.17, 15) is 4.79 Å². The lowest BCUT2D eigenvalue weighted by atomic mass is 10.1. The standard InChI is InChI=1S/C19H25N5O/c1-14-7-6-8-16(11-14)23-19(25)20-13-17-12-15(2)21-18(22-17)24-9-4-3-5-10-24/h6-8,11-12H,3-5,9-10,13H2,1-2H3,(H2,20,23,25). The van der Waals surface area contributed by atoms with Crippen molar-refractivity contribution in [2.24, 2.45) is 0 Å². The van der Waals surface area contributed by atoms with Crippen LogP contribution >= 0.6 is 0 Å². The smallest absolute Gasteiger partial charge is 0.319 e. The number of benzene rings is 1. The highest BCUT2D eigenvalue weighted by atomic mass is 16.2. The number of aromatic nitrogens is 2. The molecule has 2 N–H and O–H groups in total. The summed E-state index contributed by atoms with van der Waals surface area (Å²) in [7, 11) is 0. The van der Waals surface area contributed by atoms with Crippen LogP contribution in [0.15, 0.2) is 30.3 Å². The highest BCUT2D eigenvalue weighted by molar-refractivity contribution is 5.89. The molecule has 1 aromatic heterocycles. The molecule has 2 heterocycles. The van der Waals surface area contributed by atoms with Crippen molar-refractivity contribution in [2.45, 2.75) is 39.7 Å². The van der Waals surface area contributed by atoms with Gasteiger partial charge in [-0.15, -0.1) is 0 Å². The first kappa shape index (κ1) is 17.2. The zero-order valence-electron chi connectivity index (χ0n) is 14.9. The molecule has 2 amide bonds. The first-order chi connectivity index (χ1) is 12.1. The van der Waals surface area contributed by atoms with Gasteiger partial charge in [-0.25, -0.2) is 14.8 Å². The van der Waals surface area contributed by atoms with Crippen LogP contribution in [0.3, 0.4) is 0 Å². The van der Waals surface area contributed by atoms with E-state index in [1.807, 2.05) is 44.2 Å². The van der Waals surface area contributed by atoms with Gasteiger partial charge in [-0.05, 0) is 56.9 Å². The Morgan fingerprint density at radius 3 is 2.68 bits per heavy atom. The van der Waals surface area contributed by atoms with Gasteiger partial charge in [0, 0.05) is 24.5 Å². The minimum atomic E-state index is -0.235. The van der Waals surface area contributed by atoms with E-state index in [-0.39, 0.29) is 6.03 Å². The second-order valence-electron chi connectivity index (χ2n) is 6.53. The van der Waals surface area contributed by atoms with Crippen LogP contribution in [0.2, 0.25) is 0 Å². The molecule has 25 heavy (non-hydrogen) atoms. The SMILES string of the molecule is Cc1cccc(NC(=O)NCc2cc(C)nc(N3CCCCC3)n2)c1. The Balaban J connectivity index is 1.60. The zero-order valence-corrected chi connectivity index (χ0v) is 14.9. The summed E-state index contributed by atoms with van der Waals surface area (Å²) >= 11 is 0. The number of hydrogen-bond acceptors (Lipinski definition) is 4. The van der Waals surface area contributed by atoms with Crippen LogP contribution in [0.4, 0.5) is 16.4 Å². The number of aryl methyl sites for hydroxylation is 2. The summed E-state index contributed by atoms with van der Waals surface area (Å²) in [5, 5.41) is 5.71. The Kier molecular flexibility index (Phi) is 5.48. The first-order valence-electron chi connectivity index (χ1n) is 8.81. The normalized spacial score (nSPS) is 14.2. The molecule has 0 aliphatic carbocycles. The molecule has 6 heteroatoms. The molecule has 3 rings (SSSR count). The van der Waals surface area contributed by atoms with Gasteiger partial charge in [0.15, 0.2) is 0 Å². The van der Waals surface area contributed by atoms with Gasteiger partial charge in [-0.3, -0.25) is 0 Å². The average Bonchev–Trinajstić information content (AvgIpc) is 2.60. The Morgan fingerprint density at radius 1 is 1.12 bits per heavy atom. The molecule has 0 spiro atoms. The van der Waals surface area contributed by atoms with Gasteiger partial charge in [0.25, 0.3) is 0 Å². The minimum Gasteiger partial charge on any atom is -0.341 e. The maximum absolute atomic E-state index is 12.1. The summed E-state index contributed by atoms with van der Waals surface area (Å²) in [4.78, 5) is 23.5. The Bertz CT molecular complexity index is 740. The van der Waals surface area contributed by atoms with Gasteiger partial charge < -0.3 is 15.5 Å². The molecule has 6 nitrogen and oxygen atoms in total. The van der Waals surface area contributed by atoms with E-state index in [1.54, 1.807) is 0 Å². The van der Waals surface area contributed by atoms with E-state index < -0.39 is 0 Å². The molecule has 1 fully saturated rings. The van der Waals surface area contributed by atoms with Crippen molar-refractivity contribution in [3.8, 4) is 0 Å². The number of carbonyl (C=O) groups is 1. The van der Waals surface area contributed by atoms with Crippen molar-refractivity contribution in [2.75, 3.05) is 23.3 Å². The van der Waals surface area contributed by atoms with E-state index in [2.05, 4.69) is 25.5 Å². The van der Waals surface area contributed by atoms with Crippen molar-refractivity contribution in [1.29, 1.82) is 0 Å². The largest absolute Gasteiger partial charge is 0.341 e. The number of nitrogens with one attached hydrogen (secondary N) is 2. The molecular weight excluding hydrogens is 314 g/mol. The predicted molar refractivity (Wildman–Crippen MR) is 99.9 cm³/mol. The van der Waals surface area contributed by atoms with Crippen LogP contribution < -0.4 is 15.5 Å². The second-order valence-corrected chi connectivity index (χ2v) is 6.53. The number of hydrogen-bond donors (Lipinski definition) is 2. The number of nitrogens with zero attached hydrogens (tertiary/aromatic N) is 3. The lowest BCUT2D eigenvalue weighted by molar-refractivity contribution is 0.251. The quantitative estimate of drug-likeness (QED) is 0.895. The third kappa shape index (κ3) is 4.92. The highest BCUT2D eigenvalue weighted by Gasteiger charge is 2.14. The number of urea groups is 1. The van der Waals surface area contributed by atoms with Gasteiger partial charge in [0.2, 0.25) is 5.95 Å². The van der Waals surface area contributed by atoms with Crippen LogP contribution in [-0.2, 0) is 6.54 Å². The van der Waals surface area contributed by atoms with Crippen LogP contribution in [-0.4, -0.2) is 29.1 Å². The monoisotopic (exact) mass is 339 g/mol. The van der Waals surface area contributed by atoms with Gasteiger partial charge in [0.05, 0.1) is 12.2 Å². The van der Waals surface area contributed by atoms with Gasteiger partial charge in [0.1, 0.15) is 0 Å². The molecule has 0 radical (unpaired) electrons. The maximum atomic E-state index is 12.1. The topological polar surface area (TPSA) is 70.2 Å². The Hall–Kier alpha value is -2.63. The van der Waals surface area contributed by atoms with Gasteiger partial charge >= 0.3 is 6.03 Å². The number of piperidine rings is 1. The second kappa shape index (κ2) is 7.96. The molecule has 0 bridgehead atoms. The summed E-state index contributed by atoms with van der Waals surface area (Å²) in [6.07, 6.45) is 3.64. The van der Waals surface area contributed by atoms with E-state index in [4.69, 9.17) is 0 Å². The zero-order chi connectivity index (χ0) is 17.6. The molecular formula is C19H25N5O. The van der Waals surface area contributed by atoms with E-state index in [1.165, 1.54) is 19.3 Å². The predicted octanol–water partition coefficient (Wildman–Crippen LogP) is 3.41. The van der Waals surface area contributed by atoms with Crippen molar-refractivity contribution in [3.05, 3.63) is 47.3 Å². The summed E-state index contributed by atoms with van der Waals surface area (Å²) in [6.45, 7) is 6.34. The van der Waals surface area contributed by atoms with Gasteiger partial charge in [-0.2, -0.15) is 0 Å². The molecule has 0 unspecified atom stereocenters. The van der Waals surface area contributed by atoms with Crippen LogP contribution in [0.25, 0.3) is 0 Å². The minimum absolute atomic E-state index is 0.235. The lowest BCUT2D eigenvalue weighted by Crippen LogP contribution is -2.32. The third-order valence-electron chi connectivity index (χ3n) is 4.24. The average molecular weight is 339 g/mol. The molecule has 132 valence electrons. The highest BCUT2D eigenvalue weighted by Crippen LogP contribution is 2.16. The van der Waals surface area contributed by atoms with Crippen molar-refractivity contribution >= 4 is 17.7 Å².